The largest absolute Gasteiger partial charge is 0.356 e. The second-order valence-corrected chi connectivity index (χ2v) is 7.23. The van der Waals surface area contributed by atoms with Crippen molar-refractivity contribution < 1.29 is 0 Å². The van der Waals surface area contributed by atoms with Crippen molar-refractivity contribution in [1.82, 2.24) is 25.4 Å². The van der Waals surface area contributed by atoms with Crippen LogP contribution in [0.2, 0.25) is 0 Å². The van der Waals surface area contributed by atoms with Crippen LogP contribution in [0.15, 0.2) is 28.8 Å². The van der Waals surface area contributed by atoms with Crippen LogP contribution in [0, 0.1) is 0 Å². The lowest BCUT2D eigenvalue weighted by atomic mass is 9.98. The fraction of sp³-hybridized carbons (Fsp3) is 0.562. The van der Waals surface area contributed by atoms with Crippen molar-refractivity contribution >= 4 is 17.3 Å². The highest BCUT2D eigenvalue weighted by Crippen LogP contribution is 2.25. The molecule has 6 nitrogen and oxygen atoms in total. The van der Waals surface area contributed by atoms with Crippen LogP contribution in [-0.4, -0.2) is 34.3 Å². The Labute approximate surface area is 142 Å². The average Bonchev–Trinajstić information content (AvgIpc) is 3.17. The minimum Gasteiger partial charge on any atom is -0.356 e. The molecule has 2 heterocycles. The fourth-order valence-corrected chi connectivity index (χ4v) is 2.92. The lowest BCUT2D eigenvalue weighted by Crippen LogP contribution is -2.37. The van der Waals surface area contributed by atoms with Gasteiger partial charge in [-0.3, -0.25) is 9.67 Å². The fourth-order valence-electron chi connectivity index (χ4n) is 2.01. The van der Waals surface area contributed by atoms with Crippen LogP contribution >= 0.6 is 11.3 Å². The highest BCUT2D eigenvalue weighted by atomic mass is 32.1. The summed E-state index contributed by atoms with van der Waals surface area (Å²) in [6.45, 7) is 8.99. The summed E-state index contributed by atoms with van der Waals surface area (Å²) < 4.78 is 1.93. The molecule has 0 aliphatic rings. The van der Waals surface area contributed by atoms with Crippen LogP contribution in [0.4, 0.5) is 0 Å². The number of guanidine groups is 1. The van der Waals surface area contributed by atoms with Gasteiger partial charge in [-0.15, -0.1) is 11.3 Å². The van der Waals surface area contributed by atoms with Crippen molar-refractivity contribution in [2.24, 2.45) is 4.99 Å². The monoisotopic (exact) mass is 334 g/mol. The second kappa shape index (κ2) is 8.10. The molecule has 2 aromatic heterocycles. The van der Waals surface area contributed by atoms with E-state index >= 15 is 0 Å². The van der Waals surface area contributed by atoms with E-state index in [2.05, 4.69) is 51.9 Å². The van der Waals surface area contributed by atoms with Gasteiger partial charge in [0.25, 0.3) is 0 Å². The molecule has 0 aromatic carbocycles. The molecule has 0 spiro atoms. The maximum absolute atomic E-state index is 4.68. The second-order valence-electron chi connectivity index (χ2n) is 6.37. The van der Waals surface area contributed by atoms with E-state index in [-0.39, 0.29) is 5.41 Å². The summed E-state index contributed by atoms with van der Waals surface area (Å²) in [5.74, 6) is 0.802. The SMILES string of the molecule is CN=C(NCCCn1cccn1)NCc1csc(C(C)(C)C)n1. The average molecular weight is 334 g/mol. The van der Waals surface area contributed by atoms with E-state index in [4.69, 9.17) is 0 Å². The van der Waals surface area contributed by atoms with Crippen LogP contribution in [0.1, 0.15) is 37.9 Å². The van der Waals surface area contributed by atoms with E-state index in [1.165, 1.54) is 0 Å². The summed E-state index contributed by atoms with van der Waals surface area (Å²) >= 11 is 1.71. The van der Waals surface area contributed by atoms with Gasteiger partial charge in [-0.2, -0.15) is 5.10 Å². The van der Waals surface area contributed by atoms with E-state index in [0.717, 1.165) is 36.2 Å². The Hall–Kier alpha value is -1.89. The first-order valence-electron chi connectivity index (χ1n) is 7.86. The summed E-state index contributed by atoms with van der Waals surface area (Å²) in [5.41, 5.74) is 1.16. The van der Waals surface area contributed by atoms with Crippen LogP contribution in [0.25, 0.3) is 0 Å². The molecule has 0 saturated heterocycles. The van der Waals surface area contributed by atoms with Gasteiger partial charge >= 0.3 is 0 Å². The number of rotatable bonds is 6. The van der Waals surface area contributed by atoms with Gasteiger partial charge in [0.2, 0.25) is 0 Å². The molecule has 0 bridgehead atoms. The Morgan fingerprint density at radius 1 is 1.35 bits per heavy atom. The van der Waals surface area contributed by atoms with Gasteiger partial charge < -0.3 is 10.6 Å². The number of nitrogens with one attached hydrogen (secondary N) is 2. The van der Waals surface area contributed by atoms with E-state index in [1.807, 2.05) is 16.9 Å². The summed E-state index contributed by atoms with van der Waals surface area (Å²) in [6.07, 6.45) is 4.77. The molecule has 0 amide bonds. The summed E-state index contributed by atoms with van der Waals surface area (Å²) in [7, 11) is 1.78. The maximum Gasteiger partial charge on any atom is 0.191 e. The zero-order chi connectivity index (χ0) is 16.7. The van der Waals surface area contributed by atoms with Crippen molar-refractivity contribution in [3.8, 4) is 0 Å². The molecule has 0 aliphatic carbocycles. The first-order chi connectivity index (χ1) is 11.0. The van der Waals surface area contributed by atoms with E-state index < -0.39 is 0 Å². The van der Waals surface area contributed by atoms with E-state index in [0.29, 0.717) is 6.54 Å². The van der Waals surface area contributed by atoms with Gasteiger partial charge in [0.05, 0.1) is 17.2 Å². The predicted molar refractivity (Wildman–Crippen MR) is 95.9 cm³/mol. The number of nitrogens with zero attached hydrogens (tertiary/aromatic N) is 4. The molecule has 0 unspecified atom stereocenters. The molecule has 23 heavy (non-hydrogen) atoms. The standard InChI is InChI=1S/C16H26N6S/c1-16(2,3)14-21-13(12-23-14)11-19-15(17-4)18-7-5-9-22-10-6-8-20-22/h6,8,10,12H,5,7,9,11H2,1-4H3,(H2,17,18,19). The number of hydrogen-bond donors (Lipinski definition) is 2. The van der Waals surface area contributed by atoms with Gasteiger partial charge in [-0.25, -0.2) is 4.98 Å². The predicted octanol–water partition coefficient (Wildman–Crippen LogP) is 2.39. The Bertz CT molecular complexity index is 609. The maximum atomic E-state index is 4.68. The Balaban J connectivity index is 1.71. The van der Waals surface area contributed by atoms with Gasteiger partial charge in [-0.1, -0.05) is 20.8 Å². The van der Waals surface area contributed by atoms with Crippen molar-refractivity contribution in [2.45, 2.75) is 45.7 Å². The number of thiazole rings is 1. The highest BCUT2D eigenvalue weighted by molar-refractivity contribution is 7.09. The molecule has 2 N–H and O–H groups in total. The molecule has 0 saturated carbocycles. The number of aryl methyl sites for hydroxylation is 1. The van der Waals surface area contributed by atoms with Gasteiger partial charge in [0.1, 0.15) is 0 Å². The Kier molecular flexibility index (Phi) is 6.15. The Morgan fingerprint density at radius 3 is 2.78 bits per heavy atom. The van der Waals surface area contributed by atoms with Gasteiger partial charge in [0, 0.05) is 43.3 Å². The van der Waals surface area contributed by atoms with Crippen LogP contribution < -0.4 is 10.6 Å². The zero-order valence-corrected chi connectivity index (χ0v) is 15.2. The number of hydrogen-bond acceptors (Lipinski definition) is 4. The molecule has 0 fully saturated rings. The third kappa shape index (κ3) is 5.67. The van der Waals surface area contributed by atoms with Crippen LogP contribution in [0.3, 0.4) is 0 Å². The topological polar surface area (TPSA) is 67.1 Å². The van der Waals surface area contributed by atoms with E-state index in [1.54, 1.807) is 24.6 Å². The quantitative estimate of drug-likeness (QED) is 0.484. The van der Waals surface area contributed by atoms with Crippen molar-refractivity contribution in [2.75, 3.05) is 13.6 Å². The Morgan fingerprint density at radius 2 is 2.17 bits per heavy atom. The molecule has 7 heteroatoms. The molecule has 2 aromatic rings. The number of aromatic nitrogens is 3. The first-order valence-corrected chi connectivity index (χ1v) is 8.74. The molecule has 0 aliphatic heterocycles. The van der Waals surface area contributed by atoms with E-state index in [9.17, 15) is 0 Å². The third-order valence-corrected chi connectivity index (χ3v) is 4.59. The third-order valence-electron chi connectivity index (χ3n) is 3.27. The molecular weight excluding hydrogens is 308 g/mol. The minimum absolute atomic E-state index is 0.106. The summed E-state index contributed by atoms with van der Waals surface area (Å²) in [6, 6.07) is 1.94. The molecular formula is C16H26N6S. The molecule has 0 radical (unpaired) electrons. The minimum atomic E-state index is 0.106. The molecule has 126 valence electrons. The van der Waals surface area contributed by atoms with Crippen molar-refractivity contribution in [3.63, 3.8) is 0 Å². The smallest absolute Gasteiger partial charge is 0.191 e. The molecule has 2 rings (SSSR count). The summed E-state index contributed by atoms with van der Waals surface area (Å²) in [5, 5.41) is 14.1. The first kappa shape index (κ1) is 17.5. The molecule has 0 atom stereocenters. The highest BCUT2D eigenvalue weighted by Gasteiger charge is 2.17. The van der Waals surface area contributed by atoms with Crippen LogP contribution in [-0.2, 0) is 18.5 Å². The lowest BCUT2D eigenvalue weighted by molar-refractivity contribution is 0.569. The van der Waals surface area contributed by atoms with Crippen molar-refractivity contribution in [3.05, 3.63) is 34.5 Å². The van der Waals surface area contributed by atoms with Gasteiger partial charge in [-0.05, 0) is 12.5 Å². The normalized spacial score (nSPS) is 12.4. The summed E-state index contributed by atoms with van der Waals surface area (Å²) in [4.78, 5) is 8.92. The lowest BCUT2D eigenvalue weighted by Gasteiger charge is -2.14. The van der Waals surface area contributed by atoms with Crippen molar-refractivity contribution in [1.29, 1.82) is 0 Å². The number of aliphatic imine (C=N–C) groups is 1. The van der Waals surface area contributed by atoms with Gasteiger partial charge in [0.15, 0.2) is 5.96 Å². The van der Waals surface area contributed by atoms with Crippen LogP contribution in [0.5, 0.6) is 0 Å². The zero-order valence-electron chi connectivity index (χ0n) is 14.3.